The standard InChI is InChI=1S/C34H52O3/c1-4-5-6-7-25-8-10-26(11-9-25)27-12-13-29-21-30(15-14-28(29)20-27)31-16-17-33(23-35)32(22-31)18-19-37-34(36)24(2)3/h16-17,22,25-30,35H,2,4-15,18-21,23H2,1,3H3. The number of aliphatic hydroxyl groups excluding tert-OH is 1. The third-order valence-electron chi connectivity index (χ3n) is 10.3. The number of ether oxygens (including phenoxy) is 1. The predicted octanol–water partition coefficient (Wildman–Crippen LogP) is 8.53. The molecule has 0 heterocycles. The third kappa shape index (κ3) is 7.71. The second-order valence-electron chi connectivity index (χ2n) is 12.7. The Morgan fingerprint density at radius 3 is 2.30 bits per heavy atom. The fraction of sp³-hybridized carbons (Fsp3) is 0.735. The lowest BCUT2D eigenvalue weighted by Gasteiger charge is -2.45. The molecule has 4 unspecified atom stereocenters. The van der Waals surface area contributed by atoms with E-state index in [1.54, 1.807) is 6.92 Å². The lowest BCUT2D eigenvalue weighted by atomic mass is 9.60. The second-order valence-corrected chi connectivity index (χ2v) is 12.7. The van der Waals surface area contributed by atoms with Crippen molar-refractivity contribution in [3.8, 4) is 0 Å². The van der Waals surface area contributed by atoms with E-state index in [9.17, 15) is 9.90 Å². The summed E-state index contributed by atoms with van der Waals surface area (Å²) in [5.74, 6) is 5.14. The number of hydrogen-bond donors (Lipinski definition) is 1. The molecule has 37 heavy (non-hydrogen) atoms. The van der Waals surface area contributed by atoms with E-state index in [0.717, 1.165) is 40.7 Å². The van der Waals surface area contributed by atoms with Gasteiger partial charge in [-0.25, -0.2) is 4.79 Å². The molecule has 0 bridgehead atoms. The largest absolute Gasteiger partial charge is 0.462 e. The Labute approximate surface area is 226 Å². The molecule has 4 atom stereocenters. The van der Waals surface area contributed by atoms with Crippen LogP contribution in [0.3, 0.4) is 0 Å². The molecule has 0 amide bonds. The van der Waals surface area contributed by atoms with Gasteiger partial charge in [0.25, 0.3) is 0 Å². The van der Waals surface area contributed by atoms with Gasteiger partial charge in [-0.3, -0.25) is 0 Å². The highest BCUT2D eigenvalue weighted by Gasteiger charge is 2.39. The van der Waals surface area contributed by atoms with Crippen LogP contribution in [0.4, 0.5) is 0 Å². The molecule has 1 aromatic rings. The number of benzene rings is 1. The maximum atomic E-state index is 11.8. The minimum absolute atomic E-state index is 0.0292. The molecular weight excluding hydrogens is 456 g/mol. The summed E-state index contributed by atoms with van der Waals surface area (Å²) in [4.78, 5) is 11.8. The third-order valence-corrected chi connectivity index (χ3v) is 10.3. The molecule has 0 aromatic heterocycles. The molecule has 3 nitrogen and oxygen atoms in total. The molecule has 1 aromatic carbocycles. The number of carbonyl (C=O) groups is 1. The van der Waals surface area contributed by atoms with Gasteiger partial charge in [-0.05, 0) is 110 Å². The summed E-state index contributed by atoms with van der Waals surface area (Å²) < 4.78 is 5.33. The Bertz CT molecular complexity index is 881. The highest BCUT2D eigenvalue weighted by Crippen LogP contribution is 2.51. The molecule has 3 aliphatic rings. The number of carbonyl (C=O) groups excluding carboxylic acids is 1. The minimum Gasteiger partial charge on any atom is -0.462 e. The fourth-order valence-electron chi connectivity index (χ4n) is 7.95. The molecule has 0 spiro atoms. The summed E-state index contributed by atoms with van der Waals surface area (Å²) in [5.41, 5.74) is 3.91. The van der Waals surface area contributed by atoms with Gasteiger partial charge < -0.3 is 9.84 Å². The quantitative estimate of drug-likeness (QED) is 0.185. The van der Waals surface area contributed by atoms with Crippen LogP contribution in [0.5, 0.6) is 0 Å². The molecule has 3 heteroatoms. The first-order chi connectivity index (χ1) is 18.0. The Morgan fingerprint density at radius 2 is 1.59 bits per heavy atom. The van der Waals surface area contributed by atoms with Crippen LogP contribution in [0.15, 0.2) is 30.4 Å². The van der Waals surface area contributed by atoms with Crippen molar-refractivity contribution in [3.05, 3.63) is 47.0 Å². The Morgan fingerprint density at radius 1 is 0.919 bits per heavy atom. The summed E-state index contributed by atoms with van der Waals surface area (Å²) in [6.07, 6.45) is 20.7. The summed E-state index contributed by atoms with van der Waals surface area (Å²) >= 11 is 0. The Hall–Kier alpha value is -1.61. The molecule has 3 aliphatic carbocycles. The van der Waals surface area contributed by atoms with Crippen molar-refractivity contribution in [2.24, 2.45) is 29.6 Å². The fourth-order valence-corrected chi connectivity index (χ4v) is 7.95. The predicted molar refractivity (Wildman–Crippen MR) is 152 cm³/mol. The first kappa shape index (κ1) is 28.4. The summed E-state index contributed by atoms with van der Waals surface area (Å²) in [6, 6.07) is 6.62. The van der Waals surface area contributed by atoms with Crippen molar-refractivity contribution in [2.45, 2.75) is 123 Å². The number of hydrogen-bond acceptors (Lipinski definition) is 3. The average molecular weight is 509 g/mol. The molecule has 0 radical (unpaired) electrons. The van der Waals surface area contributed by atoms with Crippen molar-refractivity contribution in [1.82, 2.24) is 0 Å². The summed E-state index contributed by atoms with van der Waals surface area (Å²) in [6.45, 7) is 8.01. The molecule has 3 saturated carbocycles. The lowest BCUT2D eigenvalue weighted by Crippen LogP contribution is -2.34. The Kier molecular flexibility index (Phi) is 10.7. The van der Waals surface area contributed by atoms with Crippen LogP contribution < -0.4 is 0 Å². The monoisotopic (exact) mass is 508 g/mol. The van der Waals surface area contributed by atoms with E-state index < -0.39 is 0 Å². The van der Waals surface area contributed by atoms with E-state index in [0.29, 0.717) is 24.5 Å². The molecule has 206 valence electrons. The van der Waals surface area contributed by atoms with Crippen molar-refractivity contribution >= 4 is 5.97 Å². The van der Waals surface area contributed by atoms with Gasteiger partial charge in [0.1, 0.15) is 0 Å². The van der Waals surface area contributed by atoms with Gasteiger partial charge in [-0.2, -0.15) is 0 Å². The van der Waals surface area contributed by atoms with Crippen LogP contribution in [-0.4, -0.2) is 17.7 Å². The van der Waals surface area contributed by atoms with Crippen molar-refractivity contribution in [2.75, 3.05) is 6.61 Å². The molecule has 3 fully saturated rings. The van der Waals surface area contributed by atoms with E-state index in [1.165, 1.54) is 95.5 Å². The molecular formula is C34H52O3. The molecule has 0 aliphatic heterocycles. The Balaban J connectivity index is 1.27. The van der Waals surface area contributed by atoms with Crippen LogP contribution in [-0.2, 0) is 22.6 Å². The molecule has 4 rings (SSSR count). The van der Waals surface area contributed by atoms with Crippen molar-refractivity contribution in [3.63, 3.8) is 0 Å². The van der Waals surface area contributed by atoms with Gasteiger partial charge in [0.2, 0.25) is 0 Å². The number of unbranched alkanes of at least 4 members (excludes halogenated alkanes) is 2. The van der Waals surface area contributed by atoms with Gasteiger partial charge in [-0.15, -0.1) is 0 Å². The zero-order chi connectivity index (χ0) is 26.2. The summed E-state index contributed by atoms with van der Waals surface area (Å²) in [7, 11) is 0. The highest BCUT2D eigenvalue weighted by molar-refractivity contribution is 5.86. The SMILES string of the molecule is C=C(C)C(=O)OCCc1cc(C2CCC3CC(C4CCC(CCCCC)CC4)CCC3C2)ccc1CO. The zero-order valence-electron chi connectivity index (χ0n) is 23.7. The zero-order valence-corrected chi connectivity index (χ0v) is 23.7. The van der Waals surface area contributed by atoms with Crippen LogP contribution in [0.25, 0.3) is 0 Å². The van der Waals surface area contributed by atoms with Crippen LogP contribution >= 0.6 is 0 Å². The average Bonchev–Trinajstić information content (AvgIpc) is 2.92. The second kappa shape index (κ2) is 14.0. The smallest absolute Gasteiger partial charge is 0.333 e. The number of aliphatic hydroxyl groups is 1. The molecule has 0 saturated heterocycles. The van der Waals surface area contributed by atoms with Crippen molar-refractivity contribution in [1.29, 1.82) is 0 Å². The van der Waals surface area contributed by atoms with Gasteiger partial charge in [0.05, 0.1) is 13.2 Å². The van der Waals surface area contributed by atoms with E-state index >= 15 is 0 Å². The van der Waals surface area contributed by atoms with Gasteiger partial charge in [0, 0.05) is 12.0 Å². The maximum Gasteiger partial charge on any atom is 0.333 e. The van der Waals surface area contributed by atoms with E-state index in [-0.39, 0.29) is 12.6 Å². The van der Waals surface area contributed by atoms with E-state index in [2.05, 4.69) is 31.7 Å². The normalized spacial score (nSPS) is 29.9. The number of fused-ring (bicyclic) bond motifs is 1. The van der Waals surface area contributed by atoms with Crippen LogP contribution in [0.2, 0.25) is 0 Å². The first-order valence-corrected chi connectivity index (χ1v) is 15.5. The van der Waals surface area contributed by atoms with Gasteiger partial charge in [-0.1, -0.05) is 70.2 Å². The topological polar surface area (TPSA) is 46.5 Å². The highest BCUT2D eigenvalue weighted by atomic mass is 16.5. The van der Waals surface area contributed by atoms with E-state index in [4.69, 9.17) is 4.74 Å². The maximum absolute atomic E-state index is 11.8. The van der Waals surface area contributed by atoms with E-state index in [1.807, 2.05) is 0 Å². The van der Waals surface area contributed by atoms with Crippen LogP contribution in [0.1, 0.15) is 126 Å². The number of esters is 1. The first-order valence-electron chi connectivity index (χ1n) is 15.5. The lowest BCUT2D eigenvalue weighted by molar-refractivity contribution is -0.138. The molecule has 1 N–H and O–H groups in total. The van der Waals surface area contributed by atoms with Gasteiger partial charge >= 0.3 is 5.97 Å². The minimum atomic E-state index is -0.337. The van der Waals surface area contributed by atoms with Crippen LogP contribution in [0, 0.1) is 29.6 Å². The summed E-state index contributed by atoms with van der Waals surface area (Å²) in [5, 5.41) is 9.84. The van der Waals surface area contributed by atoms with Crippen molar-refractivity contribution < 1.29 is 14.6 Å². The van der Waals surface area contributed by atoms with Gasteiger partial charge in [0.15, 0.2) is 0 Å². The number of rotatable bonds is 11.